The van der Waals surface area contributed by atoms with Crippen LogP contribution in [0.25, 0.3) is 0 Å². The third-order valence-corrected chi connectivity index (χ3v) is 3.16. The molecule has 1 unspecified atom stereocenters. The van der Waals surface area contributed by atoms with Crippen LogP contribution in [0, 0.1) is 5.92 Å². The Balaban J connectivity index is 2.12. The van der Waals surface area contributed by atoms with Crippen molar-refractivity contribution in [1.82, 2.24) is 4.90 Å². The first-order chi connectivity index (χ1) is 5.59. The summed E-state index contributed by atoms with van der Waals surface area (Å²) >= 11 is 0. The van der Waals surface area contributed by atoms with E-state index in [0.29, 0.717) is 12.6 Å². The van der Waals surface area contributed by atoms with Gasteiger partial charge in [-0.1, -0.05) is 0 Å². The van der Waals surface area contributed by atoms with Gasteiger partial charge >= 0.3 is 0 Å². The molecule has 1 aliphatic heterocycles. The average Bonchev–Trinajstić information content (AvgIpc) is 2.71. The highest BCUT2D eigenvalue weighted by Gasteiger charge is 2.57. The van der Waals surface area contributed by atoms with Crippen LogP contribution in [0.1, 0.15) is 26.7 Å². The number of hydrogen-bond acceptors (Lipinski definition) is 2. The first-order valence-corrected chi connectivity index (χ1v) is 4.62. The van der Waals surface area contributed by atoms with E-state index in [0.717, 1.165) is 0 Å². The molecule has 2 N–H and O–H groups in total. The highest BCUT2D eigenvalue weighted by atomic mass is 16.2. The van der Waals surface area contributed by atoms with E-state index in [4.69, 9.17) is 5.73 Å². The van der Waals surface area contributed by atoms with E-state index >= 15 is 0 Å². The second-order valence-corrected chi connectivity index (χ2v) is 4.38. The Hall–Kier alpha value is -0.570. The van der Waals surface area contributed by atoms with Crippen molar-refractivity contribution in [2.75, 3.05) is 6.54 Å². The van der Waals surface area contributed by atoms with Gasteiger partial charge in [-0.15, -0.1) is 0 Å². The van der Waals surface area contributed by atoms with Gasteiger partial charge in [0.25, 0.3) is 0 Å². The third-order valence-electron chi connectivity index (χ3n) is 3.16. The second-order valence-electron chi connectivity index (χ2n) is 4.38. The summed E-state index contributed by atoms with van der Waals surface area (Å²) in [5.74, 6) is 0.336. The van der Waals surface area contributed by atoms with E-state index in [1.54, 1.807) is 0 Å². The van der Waals surface area contributed by atoms with Gasteiger partial charge in [-0.3, -0.25) is 4.79 Å². The van der Waals surface area contributed by atoms with Crippen LogP contribution in [0.5, 0.6) is 0 Å². The molecule has 2 fully saturated rings. The topological polar surface area (TPSA) is 46.3 Å². The van der Waals surface area contributed by atoms with Crippen LogP contribution >= 0.6 is 0 Å². The van der Waals surface area contributed by atoms with E-state index in [-0.39, 0.29) is 17.4 Å². The van der Waals surface area contributed by atoms with Gasteiger partial charge in [0.15, 0.2) is 0 Å². The Morgan fingerprint density at radius 2 is 2.17 bits per heavy atom. The number of carbonyl (C=O) groups excluding carboxylic acids is 1. The lowest BCUT2D eigenvalue weighted by Gasteiger charge is -2.54. The van der Waals surface area contributed by atoms with Crippen LogP contribution in [-0.2, 0) is 4.79 Å². The molecule has 0 bridgehead atoms. The fraction of sp³-hybridized carbons (Fsp3) is 0.889. The van der Waals surface area contributed by atoms with Gasteiger partial charge < -0.3 is 10.6 Å². The summed E-state index contributed by atoms with van der Waals surface area (Å²) in [6, 6.07) is 0.537. The Labute approximate surface area is 72.9 Å². The highest BCUT2D eigenvalue weighted by molar-refractivity contribution is 5.88. The van der Waals surface area contributed by atoms with Crippen LogP contribution in [0.3, 0.4) is 0 Å². The van der Waals surface area contributed by atoms with Crippen molar-refractivity contribution in [3.05, 3.63) is 0 Å². The number of hydrogen-bond donors (Lipinski definition) is 1. The van der Waals surface area contributed by atoms with E-state index in [1.807, 2.05) is 4.90 Å². The van der Waals surface area contributed by atoms with Crippen LogP contribution in [0.15, 0.2) is 0 Å². The fourth-order valence-corrected chi connectivity index (χ4v) is 2.23. The molecule has 12 heavy (non-hydrogen) atoms. The van der Waals surface area contributed by atoms with Gasteiger partial charge in [-0.2, -0.15) is 0 Å². The van der Waals surface area contributed by atoms with Crippen LogP contribution in [0.2, 0.25) is 0 Å². The van der Waals surface area contributed by atoms with Crippen molar-refractivity contribution in [3.8, 4) is 0 Å². The first kappa shape index (κ1) is 8.05. The van der Waals surface area contributed by atoms with Crippen molar-refractivity contribution in [3.63, 3.8) is 0 Å². The van der Waals surface area contributed by atoms with Crippen molar-refractivity contribution in [2.24, 2.45) is 11.7 Å². The molecule has 0 aromatic rings. The second kappa shape index (κ2) is 2.22. The van der Waals surface area contributed by atoms with E-state index < -0.39 is 0 Å². The Morgan fingerprint density at radius 1 is 1.58 bits per heavy atom. The summed E-state index contributed by atoms with van der Waals surface area (Å²) < 4.78 is 0. The predicted octanol–water partition coefficient (Wildman–Crippen LogP) is 0.344. The van der Waals surface area contributed by atoms with Crippen molar-refractivity contribution in [1.29, 1.82) is 0 Å². The zero-order chi connectivity index (χ0) is 8.93. The van der Waals surface area contributed by atoms with Gasteiger partial charge in [0.1, 0.15) is 0 Å². The van der Waals surface area contributed by atoms with Gasteiger partial charge in [-0.05, 0) is 26.7 Å². The van der Waals surface area contributed by atoms with Crippen LogP contribution in [-0.4, -0.2) is 28.9 Å². The van der Waals surface area contributed by atoms with E-state index in [1.165, 1.54) is 12.8 Å². The lowest BCUT2D eigenvalue weighted by atomic mass is 9.75. The van der Waals surface area contributed by atoms with Gasteiger partial charge in [0.05, 0.1) is 11.5 Å². The predicted molar refractivity (Wildman–Crippen MR) is 46.5 cm³/mol. The van der Waals surface area contributed by atoms with Crippen molar-refractivity contribution in [2.45, 2.75) is 38.3 Å². The van der Waals surface area contributed by atoms with E-state index in [2.05, 4.69) is 13.8 Å². The maximum Gasteiger partial charge on any atom is 0.230 e. The molecule has 2 rings (SSSR count). The lowest BCUT2D eigenvalue weighted by Crippen LogP contribution is -2.70. The molecule has 0 spiro atoms. The number of nitrogens with two attached hydrogens (primary N) is 1. The molecule has 1 atom stereocenters. The minimum absolute atomic E-state index is 0.0208. The van der Waals surface area contributed by atoms with Gasteiger partial charge in [0, 0.05) is 12.6 Å². The number of nitrogens with zero attached hydrogens (tertiary/aromatic N) is 1. The number of carbonyl (C=O) groups is 1. The van der Waals surface area contributed by atoms with Crippen LogP contribution < -0.4 is 5.73 Å². The summed E-state index contributed by atoms with van der Waals surface area (Å²) in [7, 11) is 0. The SMILES string of the molecule is CC1(C)C(CN)C(=O)N1C1CC1. The minimum Gasteiger partial charge on any atom is -0.333 e. The van der Waals surface area contributed by atoms with Crippen molar-refractivity contribution < 1.29 is 4.79 Å². The highest BCUT2D eigenvalue weighted by Crippen LogP contribution is 2.44. The largest absolute Gasteiger partial charge is 0.333 e. The maximum atomic E-state index is 11.5. The standard InChI is InChI=1S/C9H16N2O/c1-9(2)7(5-10)8(12)11(9)6-3-4-6/h6-7H,3-5,10H2,1-2H3. The van der Waals surface area contributed by atoms with Gasteiger partial charge in [0.2, 0.25) is 5.91 Å². The maximum absolute atomic E-state index is 11.5. The molecule has 68 valence electrons. The molecule has 1 aliphatic carbocycles. The molecule has 1 amide bonds. The Kier molecular flexibility index (Phi) is 1.49. The fourth-order valence-electron chi connectivity index (χ4n) is 2.23. The average molecular weight is 168 g/mol. The molecule has 1 saturated heterocycles. The number of amides is 1. The first-order valence-electron chi connectivity index (χ1n) is 4.62. The molecular weight excluding hydrogens is 152 g/mol. The molecular formula is C9H16N2O. The quantitative estimate of drug-likeness (QED) is 0.604. The smallest absolute Gasteiger partial charge is 0.230 e. The monoisotopic (exact) mass is 168 g/mol. The molecule has 0 radical (unpaired) electrons. The van der Waals surface area contributed by atoms with Gasteiger partial charge in [-0.25, -0.2) is 0 Å². The summed E-state index contributed by atoms with van der Waals surface area (Å²) in [6.45, 7) is 4.73. The molecule has 1 heterocycles. The number of β-lactam (4-membered cyclic amide) rings is 1. The number of likely N-dealkylation sites (tertiary alicyclic amines) is 1. The molecule has 3 heteroatoms. The number of rotatable bonds is 2. The molecule has 3 nitrogen and oxygen atoms in total. The van der Waals surface area contributed by atoms with E-state index in [9.17, 15) is 4.79 Å². The Bertz CT molecular complexity index is 221. The summed E-state index contributed by atoms with van der Waals surface area (Å²) in [5.41, 5.74) is 5.56. The molecule has 1 saturated carbocycles. The van der Waals surface area contributed by atoms with Crippen LogP contribution in [0.4, 0.5) is 0 Å². The minimum atomic E-state index is 0.0208. The molecule has 2 aliphatic rings. The lowest BCUT2D eigenvalue weighted by molar-refractivity contribution is -0.167. The zero-order valence-electron chi connectivity index (χ0n) is 7.71. The molecule has 0 aromatic heterocycles. The summed E-state index contributed by atoms with van der Waals surface area (Å²) in [4.78, 5) is 13.6. The Morgan fingerprint density at radius 3 is 2.50 bits per heavy atom. The third kappa shape index (κ3) is 0.829. The normalized spacial score (nSPS) is 33.4. The summed E-state index contributed by atoms with van der Waals surface area (Å²) in [5, 5.41) is 0. The summed E-state index contributed by atoms with van der Waals surface area (Å²) in [6.07, 6.45) is 2.37. The zero-order valence-corrected chi connectivity index (χ0v) is 7.71. The molecule has 0 aromatic carbocycles. The van der Waals surface area contributed by atoms with Crippen molar-refractivity contribution >= 4 is 5.91 Å².